The smallest absolute Gasteiger partial charge is 0.266 e. The topological polar surface area (TPSA) is 80.5 Å². The van der Waals surface area contributed by atoms with Gasteiger partial charge < -0.3 is 10.6 Å². The van der Waals surface area contributed by atoms with Crippen molar-refractivity contribution in [3.05, 3.63) is 27.5 Å². The number of nitrogens with zero attached hydrogens (tertiary/aromatic N) is 1. The molecule has 1 aromatic carbocycles. The number of anilines is 1. The lowest BCUT2D eigenvalue weighted by Crippen LogP contribution is -2.43. The maximum Gasteiger partial charge on any atom is 0.266 e. The Morgan fingerprint density at radius 3 is 2.62 bits per heavy atom. The lowest BCUT2D eigenvalue weighted by Gasteiger charge is -2.26. The van der Waals surface area contributed by atoms with Crippen LogP contribution in [0.4, 0.5) is 5.69 Å². The molecule has 5 nitrogen and oxygen atoms in total. The maximum atomic E-state index is 12.5. The zero-order valence-electron chi connectivity index (χ0n) is 11.0. The molecular weight excluding hydrogens is 376 g/mol. The minimum absolute atomic E-state index is 0.0229. The standard InChI is InChI=1S/C13H13BrN2O3S2/c14-8-1-2-9-10(7-8)20-12(11(9)15)13(17)16-3-5-21(18,19)6-4-16/h1-2,7H,3-6,15H2. The Balaban J connectivity index is 1.93. The number of carbonyl (C=O) groups excluding carboxylic acids is 1. The van der Waals surface area contributed by atoms with Crippen LogP contribution < -0.4 is 5.73 Å². The van der Waals surface area contributed by atoms with Crippen molar-refractivity contribution in [2.24, 2.45) is 0 Å². The number of nitrogen functional groups attached to an aromatic ring is 1. The molecule has 1 aliphatic heterocycles. The number of nitrogens with two attached hydrogens (primary N) is 1. The van der Waals surface area contributed by atoms with Crippen LogP contribution in [0.25, 0.3) is 10.1 Å². The normalized spacial score (nSPS) is 18.0. The molecule has 0 saturated carbocycles. The van der Waals surface area contributed by atoms with Crippen LogP contribution >= 0.6 is 27.3 Å². The van der Waals surface area contributed by atoms with E-state index in [-0.39, 0.29) is 30.5 Å². The Hall–Kier alpha value is -1.12. The lowest BCUT2D eigenvalue weighted by molar-refractivity contribution is 0.0776. The molecule has 0 spiro atoms. The first-order valence-electron chi connectivity index (χ1n) is 6.34. The van der Waals surface area contributed by atoms with E-state index in [0.29, 0.717) is 10.6 Å². The predicted molar refractivity (Wildman–Crippen MR) is 88.5 cm³/mol. The Kier molecular flexibility index (Phi) is 3.71. The molecule has 1 saturated heterocycles. The summed E-state index contributed by atoms with van der Waals surface area (Å²) in [5, 5.41) is 0.858. The van der Waals surface area contributed by atoms with Gasteiger partial charge in [-0.3, -0.25) is 4.79 Å². The summed E-state index contributed by atoms with van der Waals surface area (Å²) >= 11 is 4.74. The minimum Gasteiger partial charge on any atom is -0.397 e. The van der Waals surface area contributed by atoms with E-state index in [0.717, 1.165) is 14.6 Å². The van der Waals surface area contributed by atoms with Gasteiger partial charge in [-0.25, -0.2) is 8.42 Å². The maximum absolute atomic E-state index is 12.5. The quantitative estimate of drug-likeness (QED) is 0.810. The van der Waals surface area contributed by atoms with Gasteiger partial charge in [-0.1, -0.05) is 22.0 Å². The zero-order chi connectivity index (χ0) is 15.2. The number of rotatable bonds is 1. The number of fused-ring (bicyclic) bond motifs is 1. The van der Waals surface area contributed by atoms with Crippen molar-refractivity contribution >= 4 is 58.8 Å². The second kappa shape index (κ2) is 5.26. The van der Waals surface area contributed by atoms with E-state index in [2.05, 4.69) is 15.9 Å². The van der Waals surface area contributed by atoms with Crippen molar-refractivity contribution in [2.45, 2.75) is 0 Å². The van der Waals surface area contributed by atoms with Crippen molar-refractivity contribution in [3.8, 4) is 0 Å². The third kappa shape index (κ3) is 2.79. The second-order valence-corrected chi connectivity index (χ2v) is 9.20. The van der Waals surface area contributed by atoms with Gasteiger partial charge in [-0.2, -0.15) is 0 Å². The number of halogens is 1. The van der Waals surface area contributed by atoms with E-state index in [4.69, 9.17) is 5.73 Å². The van der Waals surface area contributed by atoms with Gasteiger partial charge in [0.05, 0.1) is 17.2 Å². The van der Waals surface area contributed by atoms with E-state index in [9.17, 15) is 13.2 Å². The summed E-state index contributed by atoms with van der Waals surface area (Å²) in [6.07, 6.45) is 0. The molecule has 3 rings (SSSR count). The van der Waals surface area contributed by atoms with Gasteiger partial charge in [0.1, 0.15) is 4.88 Å². The Morgan fingerprint density at radius 1 is 1.29 bits per heavy atom. The average Bonchev–Trinajstić information content (AvgIpc) is 2.74. The van der Waals surface area contributed by atoms with Crippen molar-refractivity contribution in [1.82, 2.24) is 4.90 Å². The van der Waals surface area contributed by atoms with E-state index < -0.39 is 9.84 Å². The van der Waals surface area contributed by atoms with E-state index in [1.807, 2.05) is 18.2 Å². The first-order valence-corrected chi connectivity index (χ1v) is 9.78. The summed E-state index contributed by atoms with van der Waals surface area (Å²) in [6.45, 7) is 0.469. The molecule has 2 aromatic rings. The first kappa shape index (κ1) is 14.8. The van der Waals surface area contributed by atoms with Gasteiger partial charge in [-0.15, -0.1) is 11.3 Å². The summed E-state index contributed by atoms with van der Waals surface area (Å²) < 4.78 is 24.7. The Labute approximate surface area is 134 Å². The molecule has 0 atom stereocenters. The third-order valence-corrected chi connectivity index (χ3v) is 6.78. The highest BCUT2D eigenvalue weighted by molar-refractivity contribution is 9.10. The zero-order valence-corrected chi connectivity index (χ0v) is 14.2. The summed E-state index contributed by atoms with van der Waals surface area (Å²) in [4.78, 5) is 14.6. The van der Waals surface area contributed by atoms with Gasteiger partial charge in [0, 0.05) is 27.6 Å². The fourth-order valence-electron chi connectivity index (χ4n) is 2.31. The summed E-state index contributed by atoms with van der Waals surface area (Å²) in [5.74, 6) is -0.135. The molecule has 1 fully saturated rings. The summed E-state index contributed by atoms with van der Waals surface area (Å²) in [6, 6.07) is 5.68. The van der Waals surface area contributed by atoms with Gasteiger partial charge in [0.15, 0.2) is 9.84 Å². The number of amides is 1. The molecule has 1 aliphatic rings. The highest BCUT2D eigenvalue weighted by atomic mass is 79.9. The van der Waals surface area contributed by atoms with E-state index in [1.165, 1.54) is 11.3 Å². The number of hydrogen-bond acceptors (Lipinski definition) is 5. The van der Waals surface area contributed by atoms with Crippen LogP contribution in [-0.4, -0.2) is 43.8 Å². The fraction of sp³-hybridized carbons (Fsp3) is 0.308. The molecular formula is C13H13BrN2O3S2. The number of hydrogen-bond donors (Lipinski definition) is 1. The van der Waals surface area contributed by atoms with E-state index in [1.54, 1.807) is 4.90 Å². The monoisotopic (exact) mass is 388 g/mol. The van der Waals surface area contributed by atoms with E-state index >= 15 is 0 Å². The minimum atomic E-state index is -3.00. The molecule has 21 heavy (non-hydrogen) atoms. The fourth-order valence-corrected chi connectivity index (χ4v) is 5.15. The van der Waals surface area contributed by atoms with Crippen molar-refractivity contribution in [3.63, 3.8) is 0 Å². The predicted octanol–water partition coefficient (Wildman–Crippen LogP) is 2.12. The molecule has 2 heterocycles. The average molecular weight is 389 g/mol. The van der Waals surface area contributed by atoms with Crippen LogP contribution in [0.1, 0.15) is 9.67 Å². The van der Waals surface area contributed by atoms with Crippen LogP contribution in [-0.2, 0) is 9.84 Å². The molecule has 0 bridgehead atoms. The SMILES string of the molecule is Nc1c(C(=O)N2CCS(=O)(=O)CC2)sc2cc(Br)ccc12. The molecule has 0 radical (unpaired) electrons. The van der Waals surface area contributed by atoms with Crippen LogP contribution in [0, 0.1) is 0 Å². The number of benzene rings is 1. The largest absolute Gasteiger partial charge is 0.397 e. The van der Waals surface area contributed by atoms with Crippen LogP contribution in [0.3, 0.4) is 0 Å². The first-order chi connectivity index (χ1) is 9.87. The highest BCUT2D eigenvalue weighted by Crippen LogP contribution is 2.36. The van der Waals surface area contributed by atoms with Crippen molar-refractivity contribution in [1.29, 1.82) is 0 Å². The molecule has 0 aliphatic carbocycles. The molecule has 8 heteroatoms. The molecule has 2 N–H and O–H groups in total. The van der Waals surface area contributed by atoms with Gasteiger partial charge in [-0.05, 0) is 12.1 Å². The van der Waals surface area contributed by atoms with Gasteiger partial charge in [0.2, 0.25) is 0 Å². The van der Waals surface area contributed by atoms with Crippen molar-refractivity contribution < 1.29 is 13.2 Å². The Morgan fingerprint density at radius 2 is 1.95 bits per heavy atom. The number of carbonyl (C=O) groups is 1. The van der Waals surface area contributed by atoms with Gasteiger partial charge >= 0.3 is 0 Å². The number of thiophene rings is 1. The highest BCUT2D eigenvalue weighted by Gasteiger charge is 2.28. The van der Waals surface area contributed by atoms with Crippen LogP contribution in [0.2, 0.25) is 0 Å². The molecule has 0 unspecified atom stereocenters. The second-order valence-electron chi connectivity index (χ2n) is 4.93. The molecule has 1 amide bonds. The van der Waals surface area contributed by atoms with Crippen LogP contribution in [0.15, 0.2) is 22.7 Å². The lowest BCUT2D eigenvalue weighted by atomic mass is 10.2. The molecule has 112 valence electrons. The molecule has 1 aromatic heterocycles. The summed E-state index contributed by atoms with van der Waals surface area (Å²) in [5.41, 5.74) is 6.55. The number of sulfone groups is 1. The van der Waals surface area contributed by atoms with Crippen molar-refractivity contribution in [2.75, 3.05) is 30.3 Å². The third-order valence-electron chi connectivity index (χ3n) is 3.52. The Bertz CT molecular complexity index is 815. The summed E-state index contributed by atoms with van der Waals surface area (Å²) in [7, 11) is -3.00. The van der Waals surface area contributed by atoms with Crippen LogP contribution in [0.5, 0.6) is 0 Å². The van der Waals surface area contributed by atoms with Gasteiger partial charge in [0.25, 0.3) is 5.91 Å².